The van der Waals surface area contributed by atoms with Crippen LogP contribution in [0.15, 0.2) is 30.6 Å². The van der Waals surface area contributed by atoms with Gasteiger partial charge in [0, 0.05) is 51.7 Å². The van der Waals surface area contributed by atoms with Crippen LogP contribution < -0.4 is 4.74 Å². The number of hydrogen-bond acceptors (Lipinski definition) is 6. The number of aromatic hydroxyl groups is 1. The van der Waals surface area contributed by atoms with Crippen molar-refractivity contribution in [3.05, 3.63) is 30.6 Å². The number of phenolic OH excluding ortho intramolecular Hbond substituents is 1. The van der Waals surface area contributed by atoms with E-state index < -0.39 is 0 Å². The molecule has 0 saturated carbocycles. The van der Waals surface area contributed by atoms with Gasteiger partial charge in [0.2, 0.25) is 5.91 Å². The standard InChI is InChI=1S/C21H28N4O4/c1-23(2)20(27)10-17-12-24-11-14(8-15(24)13-29-17)25-7-6-22-21(25)18-9-16(26)4-5-19(18)28-3/h4-7,9,14-15,17,26H,8,10-13H2,1-3H3/t14-,15+,17+/m1/s1. The Morgan fingerprint density at radius 2 is 2.17 bits per heavy atom. The van der Waals surface area contributed by atoms with E-state index in [4.69, 9.17) is 9.47 Å². The molecule has 8 nitrogen and oxygen atoms in total. The van der Waals surface area contributed by atoms with Gasteiger partial charge in [-0.3, -0.25) is 9.69 Å². The molecule has 0 unspecified atom stereocenters. The molecule has 2 aliphatic heterocycles. The monoisotopic (exact) mass is 400 g/mol. The van der Waals surface area contributed by atoms with Crippen LogP contribution in [0.2, 0.25) is 0 Å². The summed E-state index contributed by atoms with van der Waals surface area (Å²) in [4.78, 5) is 20.6. The molecule has 0 bridgehead atoms. The second kappa shape index (κ2) is 8.04. The summed E-state index contributed by atoms with van der Waals surface area (Å²) in [6.45, 7) is 2.28. The van der Waals surface area contributed by atoms with E-state index in [-0.39, 0.29) is 23.8 Å². The van der Waals surface area contributed by atoms with Gasteiger partial charge in [-0.05, 0) is 24.6 Å². The number of fused-ring (bicyclic) bond motifs is 1. The van der Waals surface area contributed by atoms with Crippen LogP contribution in [0.3, 0.4) is 0 Å². The first-order chi connectivity index (χ1) is 14.0. The summed E-state index contributed by atoms with van der Waals surface area (Å²) < 4.78 is 13.6. The summed E-state index contributed by atoms with van der Waals surface area (Å²) in [7, 11) is 5.16. The van der Waals surface area contributed by atoms with Gasteiger partial charge in [0.05, 0.1) is 31.8 Å². The predicted octanol–water partition coefficient (Wildman–Crippen LogP) is 1.76. The van der Waals surface area contributed by atoms with E-state index in [2.05, 4.69) is 14.5 Å². The Morgan fingerprint density at radius 3 is 2.93 bits per heavy atom. The lowest BCUT2D eigenvalue weighted by atomic mass is 10.1. The van der Waals surface area contributed by atoms with Gasteiger partial charge >= 0.3 is 0 Å². The summed E-state index contributed by atoms with van der Waals surface area (Å²) >= 11 is 0. The molecule has 1 aromatic carbocycles. The van der Waals surface area contributed by atoms with Crippen molar-refractivity contribution >= 4 is 5.91 Å². The van der Waals surface area contributed by atoms with Crippen molar-refractivity contribution in [1.82, 2.24) is 19.4 Å². The fraction of sp³-hybridized carbons (Fsp3) is 0.524. The molecule has 4 rings (SSSR count). The summed E-state index contributed by atoms with van der Waals surface area (Å²) in [5, 5.41) is 9.95. The van der Waals surface area contributed by atoms with Gasteiger partial charge in [0.1, 0.15) is 17.3 Å². The van der Waals surface area contributed by atoms with Gasteiger partial charge in [-0.15, -0.1) is 0 Å². The molecule has 2 fully saturated rings. The summed E-state index contributed by atoms with van der Waals surface area (Å²) in [5.74, 6) is 1.73. The minimum Gasteiger partial charge on any atom is -0.508 e. The molecular formula is C21H28N4O4. The van der Waals surface area contributed by atoms with Crippen molar-refractivity contribution in [2.75, 3.05) is 40.9 Å². The molecule has 0 radical (unpaired) electrons. The third-order valence-corrected chi connectivity index (χ3v) is 5.86. The highest BCUT2D eigenvalue weighted by Gasteiger charge is 2.39. The molecule has 3 heterocycles. The minimum atomic E-state index is -0.0617. The average molecular weight is 400 g/mol. The zero-order valence-corrected chi connectivity index (χ0v) is 17.1. The van der Waals surface area contributed by atoms with E-state index in [1.54, 1.807) is 50.5 Å². The minimum absolute atomic E-state index is 0.0617. The molecule has 156 valence electrons. The fourth-order valence-electron chi connectivity index (χ4n) is 4.31. The van der Waals surface area contributed by atoms with Crippen molar-refractivity contribution in [3.8, 4) is 22.9 Å². The van der Waals surface area contributed by atoms with Crippen molar-refractivity contribution in [1.29, 1.82) is 0 Å². The third-order valence-electron chi connectivity index (χ3n) is 5.86. The molecule has 2 aromatic rings. The molecule has 3 atom stereocenters. The van der Waals surface area contributed by atoms with E-state index in [0.717, 1.165) is 30.9 Å². The summed E-state index contributed by atoms with van der Waals surface area (Å²) in [6, 6.07) is 5.63. The van der Waals surface area contributed by atoms with Crippen molar-refractivity contribution in [2.45, 2.75) is 31.0 Å². The first kappa shape index (κ1) is 19.7. The van der Waals surface area contributed by atoms with Gasteiger partial charge in [0.25, 0.3) is 0 Å². The normalized spacial score (nSPS) is 24.3. The van der Waals surface area contributed by atoms with Gasteiger partial charge in [-0.2, -0.15) is 0 Å². The van der Waals surface area contributed by atoms with E-state index in [0.29, 0.717) is 24.8 Å². The Hall–Kier alpha value is -2.58. The van der Waals surface area contributed by atoms with E-state index in [1.165, 1.54) is 0 Å². The molecule has 2 saturated heterocycles. The molecule has 1 N–H and O–H groups in total. The van der Waals surface area contributed by atoms with Crippen molar-refractivity contribution < 1.29 is 19.4 Å². The Kier molecular flexibility index (Phi) is 5.47. The zero-order chi connectivity index (χ0) is 20.5. The van der Waals surface area contributed by atoms with Crippen LogP contribution in [0.25, 0.3) is 11.4 Å². The van der Waals surface area contributed by atoms with Crippen LogP contribution in [-0.2, 0) is 9.53 Å². The largest absolute Gasteiger partial charge is 0.508 e. The second-order valence-corrected chi connectivity index (χ2v) is 7.99. The zero-order valence-electron chi connectivity index (χ0n) is 17.1. The molecule has 8 heteroatoms. The fourth-order valence-corrected chi connectivity index (χ4v) is 4.31. The van der Waals surface area contributed by atoms with Gasteiger partial charge in [-0.1, -0.05) is 0 Å². The van der Waals surface area contributed by atoms with Crippen molar-refractivity contribution in [2.24, 2.45) is 0 Å². The smallest absolute Gasteiger partial charge is 0.224 e. The van der Waals surface area contributed by atoms with Crippen LogP contribution in [0.4, 0.5) is 0 Å². The molecule has 1 aromatic heterocycles. The van der Waals surface area contributed by atoms with E-state index in [1.807, 2.05) is 6.20 Å². The van der Waals surface area contributed by atoms with Gasteiger partial charge in [0.15, 0.2) is 0 Å². The van der Waals surface area contributed by atoms with Crippen LogP contribution in [-0.4, -0.2) is 83.4 Å². The first-order valence-corrected chi connectivity index (χ1v) is 9.92. The Bertz CT molecular complexity index is 881. The molecule has 2 aliphatic rings. The number of phenols is 1. The SMILES string of the molecule is COc1ccc(O)cc1-c1nccn1[C@@H]1C[C@H]2CO[C@@H](CC(=O)N(C)C)CN2C1. The van der Waals surface area contributed by atoms with E-state index in [9.17, 15) is 9.90 Å². The Labute approximate surface area is 170 Å². The molecule has 29 heavy (non-hydrogen) atoms. The Morgan fingerprint density at radius 1 is 1.34 bits per heavy atom. The molecule has 0 aliphatic carbocycles. The number of morpholine rings is 1. The summed E-state index contributed by atoms with van der Waals surface area (Å²) in [5.41, 5.74) is 0.771. The van der Waals surface area contributed by atoms with Gasteiger partial charge in [-0.25, -0.2) is 4.98 Å². The quantitative estimate of drug-likeness (QED) is 0.824. The topological polar surface area (TPSA) is 80.1 Å². The number of nitrogens with zero attached hydrogens (tertiary/aromatic N) is 4. The number of benzene rings is 1. The number of aromatic nitrogens is 2. The number of methoxy groups -OCH3 is 1. The maximum Gasteiger partial charge on any atom is 0.224 e. The second-order valence-electron chi connectivity index (χ2n) is 7.99. The number of ether oxygens (including phenoxy) is 2. The Balaban J connectivity index is 1.51. The number of carbonyl (C=O) groups is 1. The highest BCUT2D eigenvalue weighted by molar-refractivity contribution is 5.76. The highest BCUT2D eigenvalue weighted by atomic mass is 16.5. The maximum atomic E-state index is 12.0. The average Bonchev–Trinajstić information content (AvgIpc) is 3.34. The lowest BCUT2D eigenvalue weighted by Crippen LogP contribution is -2.47. The third kappa shape index (κ3) is 3.95. The van der Waals surface area contributed by atoms with Gasteiger partial charge < -0.3 is 24.0 Å². The van der Waals surface area contributed by atoms with Crippen molar-refractivity contribution in [3.63, 3.8) is 0 Å². The predicted molar refractivity (Wildman–Crippen MR) is 108 cm³/mol. The van der Waals surface area contributed by atoms with E-state index >= 15 is 0 Å². The first-order valence-electron chi connectivity index (χ1n) is 9.92. The number of rotatable bonds is 5. The lowest BCUT2D eigenvalue weighted by Gasteiger charge is -2.35. The number of hydrogen-bond donors (Lipinski definition) is 1. The van der Waals surface area contributed by atoms with Crippen LogP contribution in [0, 0.1) is 0 Å². The summed E-state index contributed by atoms with van der Waals surface area (Å²) in [6.07, 6.45) is 5.07. The maximum absolute atomic E-state index is 12.0. The lowest BCUT2D eigenvalue weighted by molar-refractivity contribution is -0.134. The number of amides is 1. The molecule has 1 amide bonds. The molecular weight excluding hydrogens is 372 g/mol. The number of carbonyl (C=O) groups excluding carboxylic acids is 1. The van der Waals surface area contributed by atoms with Crippen LogP contribution in [0.1, 0.15) is 18.9 Å². The van der Waals surface area contributed by atoms with Crippen LogP contribution >= 0.6 is 0 Å². The number of imidazole rings is 1. The molecule has 0 spiro atoms. The highest BCUT2D eigenvalue weighted by Crippen LogP contribution is 2.37. The van der Waals surface area contributed by atoms with Crippen LogP contribution in [0.5, 0.6) is 11.5 Å².